The number of aryl methyl sites for hydroxylation is 1. The van der Waals surface area contributed by atoms with Crippen molar-refractivity contribution in [3.05, 3.63) is 52.1 Å². The van der Waals surface area contributed by atoms with E-state index in [9.17, 15) is 4.79 Å². The lowest BCUT2D eigenvalue weighted by Crippen LogP contribution is -2.14. The molecule has 112 valence electrons. The lowest BCUT2D eigenvalue weighted by Gasteiger charge is -2.09. The van der Waals surface area contributed by atoms with Gasteiger partial charge in [-0.3, -0.25) is 9.78 Å². The summed E-state index contributed by atoms with van der Waals surface area (Å²) >= 11 is 1.45. The zero-order valence-corrected chi connectivity index (χ0v) is 13.0. The van der Waals surface area contributed by atoms with Crippen LogP contribution in [0.2, 0.25) is 0 Å². The molecule has 0 radical (unpaired) electrons. The molecule has 0 spiro atoms. The normalized spacial score (nSPS) is 10.8. The van der Waals surface area contributed by atoms with Crippen molar-refractivity contribution in [2.45, 2.75) is 13.3 Å². The number of anilines is 1. The summed E-state index contributed by atoms with van der Waals surface area (Å²) in [6.07, 6.45) is 2.37. The molecular formula is C16H16N4OS. The number of carbonyl (C=O) groups is 1. The highest BCUT2D eigenvalue weighted by Crippen LogP contribution is 2.23. The van der Waals surface area contributed by atoms with E-state index >= 15 is 0 Å². The first-order valence-corrected chi connectivity index (χ1v) is 7.87. The second-order valence-electron chi connectivity index (χ2n) is 4.93. The van der Waals surface area contributed by atoms with Crippen LogP contribution >= 0.6 is 11.3 Å². The lowest BCUT2D eigenvalue weighted by atomic mass is 10.1. The number of pyridine rings is 1. The molecule has 0 aliphatic heterocycles. The Bertz CT molecular complexity index is 828. The van der Waals surface area contributed by atoms with Gasteiger partial charge in [0.2, 0.25) is 0 Å². The van der Waals surface area contributed by atoms with Gasteiger partial charge in [0.05, 0.1) is 22.4 Å². The van der Waals surface area contributed by atoms with Crippen LogP contribution in [0.5, 0.6) is 0 Å². The first-order chi connectivity index (χ1) is 10.7. The molecule has 0 fully saturated rings. The van der Waals surface area contributed by atoms with Crippen molar-refractivity contribution in [2.24, 2.45) is 5.73 Å². The number of rotatable bonds is 4. The predicted molar refractivity (Wildman–Crippen MR) is 89.3 cm³/mol. The highest BCUT2D eigenvalue weighted by Gasteiger charge is 2.13. The Balaban J connectivity index is 1.85. The fraction of sp³-hybridized carbons (Fsp3) is 0.188. The van der Waals surface area contributed by atoms with E-state index in [0.717, 1.165) is 21.5 Å². The summed E-state index contributed by atoms with van der Waals surface area (Å²) in [7, 11) is 0. The topological polar surface area (TPSA) is 80.9 Å². The molecule has 3 N–H and O–H groups in total. The number of para-hydroxylation sites is 1. The molecule has 3 rings (SSSR count). The summed E-state index contributed by atoms with van der Waals surface area (Å²) in [5, 5.41) is 6.55. The first kappa shape index (κ1) is 14.6. The van der Waals surface area contributed by atoms with Crippen molar-refractivity contribution in [2.75, 3.05) is 11.9 Å². The number of nitrogens with zero attached hydrogens (tertiary/aromatic N) is 2. The summed E-state index contributed by atoms with van der Waals surface area (Å²) in [6, 6.07) is 7.85. The molecule has 2 heterocycles. The van der Waals surface area contributed by atoms with E-state index in [1.165, 1.54) is 11.3 Å². The third-order valence-electron chi connectivity index (χ3n) is 3.44. The number of thiazole rings is 1. The minimum Gasteiger partial charge on any atom is -0.330 e. The quantitative estimate of drug-likeness (QED) is 0.776. The fourth-order valence-corrected chi connectivity index (χ4v) is 3.04. The van der Waals surface area contributed by atoms with E-state index < -0.39 is 0 Å². The summed E-state index contributed by atoms with van der Waals surface area (Å²) in [5.41, 5.74) is 8.53. The number of amides is 1. The van der Waals surface area contributed by atoms with Crippen LogP contribution in [0.25, 0.3) is 10.9 Å². The van der Waals surface area contributed by atoms with E-state index in [-0.39, 0.29) is 5.91 Å². The lowest BCUT2D eigenvalue weighted by molar-refractivity contribution is 0.102. The Hall–Kier alpha value is -2.31. The van der Waals surface area contributed by atoms with Crippen LogP contribution in [0.1, 0.15) is 21.1 Å². The molecule has 1 aromatic carbocycles. The van der Waals surface area contributed by atoms with Crippen LogP contribution in [-0.4, -0.2) is 22.4 Å². The van der Waals surface area contributed by atoms with E-state index in [1.54, 1.807) is 11.6 Å². The standard InChI is InChI=1S/C16H16N4OS/c1-10-11-4-2-3-5-12(11)18-8-13(10)20-16(21)14-9-22-15(19-14)6-7-17/h2-5,8-9H,6-7,17H2,1H3,(H,20,21). The van der Waals surface area contributed by atoms with Crippen molar-refractivity contribution >= 4 is 33.8 Å². The maximum atomic E-state index is 12.3. The van der Waals surface area contributed by atoms with Crippen molar-refractivity contribution in [1.29, 1.82) is 0 Å². The molecule has 0 atom stereocenters. The van der Waals surface area contributed by atoms with E-state index in [4.69, 9.17) is 5.73 Å². The molecule has 2 aromatic heterocycles. The van der Waals surface area contributed by atoms with Crippen molar-refractivity contribution in [3.8, 4) is 0 Å². The molecular weight excluding hydrogens is 296 g/mol. The van der Waals surface area contributed by atoms with Gasteiger partial charge in [-0.2, -0.15) is 0 Å². The van der Waals surface area contributed by atoms with Gasteiger partial charge in [-0.05, 0) is 25.1 Å². The van der Waals surface area contributed by atoms with Gasteiger partial charge < -0.3 is 11.1 Å². The molecule has 0 aliphatic carbocycles. The van der Waals surface area contributed by atoms with E-state index in [1.807, 2.05) is 31.2 Å². The number of benzene rings is 1. The SMILES string of the molecule is Cc1c(NC(=O)c2csc(CCN)n2)cnc2ccccc12. The van der Waals surface area contributed by atoms with Crippen LogP contribution in [-0.2, 0) is 6.42 Å². The number of carbonyl (C=O) groups excluding carboxylic acids is 1. The van der Waals surface area contributed by atoms with E-state index in [0.29, 0.717) is 24.3 Å². The molecule has 0 saturated carbocycles. The molecule has 0 saturated heterocycles. The van der Waals surface area contributed by atoms with Gasteiger partial charge in [-0.15, -0.1) is 11.3 Å². The number of hydrogen-bond donors (Lipinski definition) is 2. The Morgan fingerprint density at radius 3 is 3.00 bits per heavy atom. The average molecular weight is 312 g/mol. The first-order valence-electron chi connectivity index (χ1n) is 6.99. The molecule has 0 aliphatic rings. The highest BCUT2D eigenvalue weighted by molar-refractivity contribution is 7.09. The average Bonchev–Trinajstić information content (AvgIpc) is 2.99. The molecule has 0 bridgehead atoms. The minimum atomic E-state index is -0.222. The Morgan fingerprint density at radius 2 is 2.18 bits per heavy atom. The molecule has 0 unspecified atom stereocenters. The predicted octanol–water partition coefficient (Wildman–Crippen LogP) is 2.75. The largest absolute Gasteiger partial charge is 0.330 e. The van der Waals surface area contributed by atoms with Gasteiger partial charge in [-0.25, -0.2) is 4.98 Å². The van der Waals surface area contributed by atoms with Crippen LogP contribution in [0.3, 0.4) is 0 Å². The van der Waals surface area contributed by atoms with Crippen molar-refractivity contribution in [1.82, 2.24) is 9.97 Å². The summed E-state index contributed by atoms with van der Waals surface area (Å²) in [6.45, 7) is 2.50. The second kappa shape index (κ2) is 6.21. The Labute approximate surface area is 132 Å². The van der Waals surface area contributed by atoms with Gasteiger partial charge in [0, 0.05) is 17.2 Å². The fourth-order valence-electron chi connectivity index (χ4n) is 2.25. The van der Waals surface area contributed by atoms with Gasteiger partial charge >= 0.3 is 0 Å². The molecule has 3 aromatic rings. The summed E-state index contributed by atoms with van der Waals surface area (Å²) in [4.78, 5) is 21.0. The maximum Gasteiger partial charge on any atom is 0.275 e. The van der Waals surface area contributed by atoms with Gasteiger partial charge in [0.25, 0.3) is 5.91 Å². The number of nitrogens with one attached hydrogen (secondary N) is 1. The minimum absolute atomic E-state index is 0.222. The smallest absolute Gasteiger partial charge is 0.275 e. The number of nitrogens with two attached hydrogens (primary N) is 1. The zero-order valence-electron chi connectivity index (χ0n) is 12.2. The van der Waals surface area contributed by atoms with Crippen molar-refractivity contribution < 1.29 is 4.79 Å². The van der Waals surface area contributed by atoms with Crippen LogP contribution in [0.15, 0.2) is 35.8 Å². The maximum absolute atomic E-state index is 12.3. The van der Waals surface area contributed by atoms with Crippen LogP contribution < -0.4 is 11.1 Å². The Kier molecular flexibility index (Phi) is 4.13. The molecule has 1 amide bonds. The molecule has 22 heavy (non-hydrogen) atoms. The van der Waals surface area contributed by atoms with Crippen LogP contribution in [0.4, 0.5) is 5.69 Å². The van der Waals surface area contributed by atoms with Gasteiger partial charge in [-0.1, -0.05) is 18.2 Å². The number of fused-ring (bicyclic) bond motifs is 1. The summed E-state index contributed by atoms with van der Waals surface area (Å²) in [5.74, 6) is -0.222. The number of hydrogen-bond acceptors (Lipinski definition) is 5. The Morgan fingerprint density at radius 1 is 1.36 bits per heavy atom. The van der Waals surface area contributed by atoms with Gasteiger partial charge in [0.1, 0.15) is 5.69 Å². The third-order valence-corrected chi connectivity index (χ3v) is 4.34. The molecule has 5 nitrogen and oxygen atoms in total. The van der Waals surface area contributed by atoms with E-state index in [2.05, 4.69) is 15.3 Å². The third kappa shape index (κ3) is 2.84. The number of aromatic nitrogens is 2. The molecule has 6 heteroatoms. The monoisotopic (exact) mass is 312 g/mol. The van der Waals surface area contributed by atoms with Gasteiger partial charge in [0.15, 0.2) is 0 Å². The van der Waals surface area contributed by atoms with Crippen molar-refractivity contribution in [3.63, 3.8) is 0 Å². The second-order valence-corrected chi connectivity index (χ2v) is 5.88. The summed E-state index contributed by atoms with van der Waals surface area (Å²) < 4.78 is 0. The zero-order chi connectivity index (χ0) is 15.5. The highest BCUT2D eigenvalue weighted by atomic mass is 32.1. The van der Waals surface area contributed by atoms with Crippen LogP contribution in [0, 0.1) is 6.92 Å².